The topological polar surface area (TPSA) is 43.4 Å². The molecule has 0 aliphatic carbocycles. The van der Waals surface area contributed by atoms with Crippen LogP contribution in [0.25, 0.3) is 0 Å². The molecule has 0 saturated heterocycles. The summed E-state index contributed by atoms with van der Waals surface area (Å²) >= 11 is 0. The van der Waals surface area contributed by atoms with Gasteiger partial charge in [0.25, 0.3) is 10.1 Å². The van der Waals surface area contributed by atoms with Crippen molar-refractivity contribution in [2.24, 2.45) is 5.92 Å². The molecule has 102 valence electrons. The third kappa shape index (κ3) is 5.65. The second-order valence-electron chi connectivity index (χ2n) is 5.23. The molecule has 1 unspecified atom stereocenters. The zero-order valence-corrected chi connectivity index (χ0v) is 12.3. The molecule has 0 heterocycles. The van der Waals surface area contributed by atoms with Crippen molar-refractivity contribution in [2.45, 2.75) is 33.1 Å². The summed E-state index contributed by atoms with van der Waals surface area (Å²) in [6, 6.07) is 8.31. The molecule has 0 spiro atoms. The third-order valence-electron chi connectivity index (χ3n) is 2.72. The highest BCUT2D eigenvalue weighted by atomic mass is 32.2. The summed E-state index contributed by atoms with van der Waals surface area (Å²) in [5.41, 5.74) is 2.41. The van der Waals surface area contributed by atoms with Gasteiger partial charge < -0.3 is 0 Å². The molecule has 0 aliphatic rings. The Hall–Kier alpha value is -0.870. The average molecular weight is 270 g/mol. The maximum absolute atomic E-state index is 10.9. The largest absolute Gasteiger partial charge is 0.270 e. The molecule has 0 N–H and O–H groups in total. The summed E-state index contributed by atoms with van der Waals surface area (Å²) in [4.78, 5) is 0. The zero-order valence-electron chi connectivity index (χ0n) is 11.5. The molecule has 0 aromatic heterocycles. The quantitative estimate of drug-likeness (QED) is 0.746. The lowest BCUT2D eigenvalue weighted by Crippen LogP contribution is -2.10. The molecule has 1 rings (SSSR count). The van der Waals surface area contributed by atoms with Gasteiger partial charge in [-0.05, 0) is 23.5 Å². The first kappa shape index (κ1) is 15.2. The first-order valence-corrected chi connectivity index (χ1v) is 8.03. The normalized spacial score (nSPS) is 13.8. The minimum absolute atomic E-state index is 0.0767. The molecule has 0 aliphatic heterocycles. The summed E-state index contributed by atoms with van der Waals surface area (Å²) in [5.74, 6) is 0.717. The van der Waals surface area contributed by atoms with E-state index in [-0.39, 0.29) is 12.5 Å². The molecule has 1 aromatic rings. The van der Waals surface area contributed by atoms with Gasteiger partial charge in [-0.15, -0.1) is 0 Å². The molecule has 0 radical (unpaired) electrons. The van der Waals surface area contributed by atoms with Gasteiger partial charge in [-0.25, -0.2) is 0 Å². The zero-order chi connectivity index (χ0) is 13.8. The van der Waals surface area contributed by atoms with E-state index >= 15 is 0 Å². The van der Waals surface area contributed by atoms with E-state index in [4.69, 9.17) is 4.18 Å². The van der Waals surface area contributed by atoms with E-state index in [1.54, 1.807) is 0 Å². The maximum Gasteiger partial charge on any atom is 0.264 e. The van der Waals surface area contributed by atoms with Crippen molar-refractivity contribution in [1.82, 2.24) is 0 Å². The monoisotopic (exact) mass is 270 g/mol. The van der Waals surface area contributed by atoms with Crippen LogP contribution in [0, 0.1) is 5.92 Å². The van der Waals surface area contributed by atoms with E-state index in [9.17, 15) is 8.42 Å². The molecule has 0 saturated carbocycles. The lowest BCUT2D eigenvalue weighted by molar-refractivity contribution is 0.301. The Labute approximate surface area is 110 Å². The van der Waals surface area contributed by atoms with Crippen LogP contribution in [0.3, 0.4) is 0 Å². The third-order valence-corrected chi connectivity index (χ3v) is 3.29. The van der Waals surface area contributed by atoms with Crippen LogP contribution in [0.15, 0.2) is 24.3 Å². The molecule has 4 heteroatoms. The second-order valence-corrected chi connectivity index (χ2v) is 6.87. The second kappa shape index (κ2) is 6.34. The van der Waals surface area contributed by atoms with Crippen molar-refractivity contribution < 1.29 is 12.6 Å². The molecule has 0 fully saturated rings. The van der Waals surface area contributed by atoms with Gasteiger partial charge in [-0.3, -0.25) is 4.18 Å². The Balaban J connectivity index is 2.61. The molecule has 18 heavy (non-hydrogen) atoms. The van der Waals surface area contributed by atoms with Crippen LogP contribution in [-0.2, 0) is 20.7 Å². The van der Waals surface area contributed by atoms with Crippen LogP contribution >= 0.6 is 0 Å². The fourth-order valence-electron chi connectivity index (χ4n) is 1.78. The fourth-order valence-corrected chi connectivity index (χ4v) is 2.23. The smallest absolute Gasteiger partial charge is 0.264 e. The van der Waals surface area contributed by atoms with Gasteiger partial charge in [-0.1, -0.05) is 45.0 Å². The summed E-state index contributed by atoms with van der Waals surface area (Å²) in [5, 5.41) is 0. The standard InChI is InChI=1S/C14H22O3S/c1-11(2)9-13-5-7-14(8-6-13)12(3)10-17-18(4,15)16/h5-8,11-12H,9-10H2,1-4H3. The summed E-state index contributed by atoms with van der Waals surface area (Å²) in [7, 11) is -3.35. The van der Waals surface area contributed by atoms with Gasteiger partial charge in [0.1, 0.15) is 0 Å². The predicted molar refractivity (Wildman–Crippen MR) is 74.2 cm³/mol. The van der Waals surface area contributed by atoms with E-state index in [2.05, 4.69) is 26.0 Å². The predicted octanol–water partition coefficient (Wildman–Crippen LogP) is 2.96. The molecule has 3 nitrogen and oxygen atoms in total. The van der Waals surface area contributed by atoms with Crippen molar-refractivity contribution in [2.75, 3.05) is 12.9 Å². The molecule has 0 bridgehead atoms. The SMILES string of the molecule is CC(C)Cc1ccc(C(C)COS(C)(=O)=O)cc1. The first-order chi connectivity index (χ1) is 8.28. The van der Waals surface area contributed by atoms with Crippen molar-refractivity contribution in [3.05, 3.63) is 35.4 Å². The van der Waals surface area contributed by atoms with Gasteiger partial charge in [0.15, 0.2) is 0 Å². The summed E-state index contributed by atoms with van der Waals surface area (Å²) in [6.07, 6.45) is 2.14. The van der Waals surface area contributed by atoms with Crippen LogP contribution in [0.2, 0.25) is 0 Å². The van der Waals surface area contributed by atoms with Crippen molar-refractivity contribution in [1.29, 1.82) is 0 Å². The summed E-state index contributed by atoms with van der Waals surface area (Å²) in [6.45, 7) is 6.54. The minimum Gasteiger partial charge on any atom is -0.270 e. The highest BCUT2D eigenvalue weighted by molar-refractivity contribution is 7.85. The molecular formula is C14H22O3S. The number of rotatable bonds is 6. The van der Waals surface area contributed by atoms with Crippen molar-refractivity contribution >= 4 is 10.1 Å². The Kier molecular flexibility index (Phi) is 5.35. The van der Waals surface area contributed by atoms with Crippen LogP contribution in [0.5, 0.6) is 0 Å². The van der Waals surface area contributed by atoms with E-state index in [1.165, 1.54) is 5.56 Å². The number of hydrogen-bond acceptors (Lipinski definition) is 3. The van der Waals surface area contributed by atoms with Crippen LogP contribution in [0.1, 0.15) is 37.8 Å². The Bertz CT molecular complexity index is 460. The van der Waals surface area contributed by atoms with Crippen LogP contribution in [0.4, 0.5) is 0 Å². The fraction of sp³-hybridized carbons (Fsp3) is 0.571. The summed E-state index contributed by atoms with van der Waals surface area (Å²) < 4.78 is 26.7. The van der Waals surface area contributed by atoms with Gasteiger partial charge >= 0.3 is 0 Å². The van der Waals surface area contributed by atoms with Crippen molar-refractivity contribution in [3.63, 3.8) is 0 Å². The molecule has 0 amide bonds. The molecule has 1 aromatic carbocycles. The average Bonchev–Trinajstić information content (AvgIpc) is 2.25. The van der Waals surface area contributed by atoms with E-state index in [0.29, 0.717) is 5.92 Å². The highest BCUT2D eigenvalue weighted by Gasteiger charge is 2.10. The lowest BCUT2D eigenvalue weighted by atomic mass is 9.97. The van der Waals surface area contributed by atoms with Crippen LogP contribution < -0.4 is 0 Å². The highest BCUT2D eigenvalue weighted by Crippen LogP contribution is 2.18. The number of hydrogen-bond donors (Lipinski definition) is 0. The Morgan fingerprint density at radius 2 is 1.67 bits per heavy atom. The maximum atomic E-state index is 10.9. The Morgan fingerprint density at radius 3 is 2.11 bits per heavy atom. The number of benzene rings is 1. The van der Waals surface area contributed by atoms with Gasteiger partial charge in [0.2, 0.25) is 0 Å². The van der Waals surface area contributed by atoms with Gasteiger partial charge in [0, 0.05) is 5.92 Å². The van der Waals surface area contributed by atoms with E-state index in [1.807, 2.05) is 19.1 Å². The first-order valence-electron chi connectivity index (χ1n) is 6.21. The van der Waals surface area contributed by atoms with Crippen LogP contribution in [-0.4, -0.2) is 21.3 Å². The van der Waals surface area contributed by atoms with E-state index in [0.717, 1.165) is 18.2 Å². The van der Waals surface area contributed by atoms with Gasteiger partial charge in [0.05, 0.1) is 12.9 Å². The molecular weight excluding hydrogens is 248 g/mol. The van der Waals surface area contributed by atoms with Gasteiger partial charge in [-0.2, -0.15) is 8.42 Å². The lowest BCUT2D eigenvalue weighted by Gasteiger charge is -2.12. The minimum atomic E-state index is -3.35. The molecule has 1 atom stereocenters. The Morgan fingerprint density at radius 1 is 1.11 bits per heavy atom. The van der Waals surface area contributed by atoms with Crippen molar-refractivity contribution in [3.8, 4) is 0 Å². The van der Waals surface area contributed by atoms with E-state index < -0.39 is 10.1 Å².